The van der Waals surface area contributed by atoms with E-state index in [-0.39, 0.29) is 5.78 Å². The Morgan fingerprint density at radius 3 is 1.96 bits per heavy atom. The van der Waals surface area contributed by atoms with Crippen LogP contribution in [0.2, 0.25) is 0 Å². The summed E-state index contributed by atoms with van der Waals surface area (Å²) in [6, 6.07) is 17.8. The van der Waals surface area contributed by atoms with Crippen molar-refractivity contribution in [2.45, 2.75) is 19.3 Å². The van der Waals surface area contributed by atoms with Crippen LogP contribution >= 0.6 is 0 Å². The molecule has 3 rings (SSSR count). The molecule has 0 N–H and O–H groups in total. The van der Waals surface area contributed by atoms with Crippen LogP contribution in [0.25, 0.3) is 12.2 Å². The highest BCUT2D eigenvalue weighted by molar-refractivity contribution is 6.13. The van der Waals surface area contributed by atoms with Gasteiger partial charge in [-0.2, -0.15) is 0 Å². The van der Waals surface area contributed by atoms with E-state index in [1.54, 1.807) is 7.11 Å². The summed E-state index contributed by atoms with van der Waals surface area (Å²) in [4.78, 5) is 12.7. The lowest BCUT2D eigenvalue weighted by molar-refractivity contribution is -0.112. The van der Waals surface area contributed by atoms with Crippen LogP contribution in [-0.2, 0) is 4.79 Å². The maximum absolute atomic E-state index is 12.7. The smallest absolute Gasteiger partial charge is 0.185 e. The fraction of sp³-hybridized carbons (Fsp3) is 0.190. The van der Waals surface area contributed by atoms with E-state index in [0.717, 1.165) is 47.3 Å². The van der Waals surface area contributed by atoms with Crippen LogP contribution in [0, 0.1) is 0 Å². The maximum Gasteiger partial charge on any atom is 0.185 e. The Bertz CT molecular complexity index is 737. The topological polar surface area (TPSA) is 26.3 Å². The standard InChI is InChI=1S/C21H20O2/c1-23-20-12-10-17(11-13-20)15-19-9-5-8-18(21(19)22)14-16-6-3-2-4-7-16/h2-4,6-7,10-15H,5,8-9H2,1H3/b18-14-,19-15-. The van der Waals surface area contributed by atoms with Crippen LogP contribution in [0.3, 0.4) is 0 Å². The predicted molar refractivity (Wildman–Crippen MR) is 94.2 cm³/mol. The molecule has 1 saturated carbocycles. The molecule has 0 amide bonds. The predicted octanol–water partition coefficient (Wildman–Crippen LogP) is 4.92. The Labute approximate surface area is 137 Å². The first-order chi connectivity index (χ1) is 11.3. The minimum Gasteiger partial charge on any atom is -0.497 e. The number of ether oxygens (including phenoxy) is 1. The van der Waals surface area contributed by atoms with Crippen LogP contribution in [0.5, 0.6) is 5.75 Å². The number of allylic oxidation sites excluding steroid dienone is 2. The van der Waals surface area contributed by atoms with Crippen molar-refractivity contribution in [1.29, 1.82) is 0 Å². The van der Waals surface area contributed by atoms with Gasteiger partial charge in [-0.25, -0.2) is 0 Å². The Morgan fingerprint density at radius 2 is 1.39 bits per heavy atom. The molecule has 0 aliphatic heterocycles. The summed E-state index contributed by atoms with van der Waals surface area (Å²) in [6.45, 7) is 0. The van der Waals surface area contributed by atoms with Crippen molar-refractivity contribution in [3.63, 3.8) is 0 Å². The van der Waals surface area contributed by atoms with Crippen molar-refractivity contribution >= 4 is 17.9 Å². The average molecular weight is 304 g/mol. The van der Waals surface area contributed by atoms with E-state index in [0.29, 0.717) is 0 Å². The molecular formula is C21H20O2. The molecule has 0 saturated heterocycles. The molecule has 0 heterocycles. The van der Waals surface area contributed by atoms with E-state index in [4.69, 9.17) is 4.74 Å². The number of rotatable bonds is 3. The number of hydrogen-bond donors (Lipinski definition) is 0. The molecule has 2 aromatic carbocycles. The first-order valence-electron chi connectivity index (χ1n) is 7.91. The van der Waals surface area contributed by atoms with E-state index in [1.165, 1.54) is 0 Å². The van der Waals surface area contributed by atoms with Crippen LogP contribution in [0.4, 0.5) is 0 Å². The van der Waals surface area contributed by atoms with Gasteiger partial charge in [-0.1, -0.05) is 42.5 Å². The van der Waals surface area contributed by atoms with Crippen LogP contribution in [0.15, 0.2) is 65.7 Å². The van der Waals surface area contributed by atoms with E-state index in [2.05, 4.69) is 0 Å². The highest BCUT2D eigenvalue weighted by atomic mass is 16.5. The largest absolute Gasteiger partial charge is 0.497 e. The zero-order chi connectivity index (χ0) is 16.1. The Balaban J connectivity index is 1.84. The summed E-state index contributed by atoms with van der Waals surface area (Å²) in [6.07, 6.45) is 6.74. The molecule has 0 spiro atoms. The molecule has 1 aliphatic rings. The SMILES string of the molecule is COc1ccc(/C=C2/CCC/C(=C/c3ccccc3)C2=O)cc1. The van der Waals surface area contributed by atoms with Gasteiger partial charge in [-0.3, -0.25) is 4.79 Å². The molecule has 116 valence electrons. The van der Waals surface area contributed by atoms with Crippen molar-refractivity contribution < 1.29 is 9.53 Å². The van der Waals surface area contributed by atoms with Crippen molar-refractivity contribution in [2.75, 3.05) is 7.11 Å². The number of benzene rings is 2. The molecule has 0 aromatic heterocycles. The third-order valence-corrected chi connectivity index (χ3v) is 4.07. The summed E-state index contributed by atoms with van der Waals surface area (Å²) < 4.78 is 5.17. The van der Waals surface area contributed by atoms with Gasteiger partial charge in [0.2, 0.25) is 0 Å². The third-order valence-electron chi connectivity index (χ3n) is 4.07. The summed E-state index contributed by atoms with van der Waals surface area (Å²) in [5.41, 5.74) is 3.92. The molecule has 1 fully saturated rings. The van der Waals surface area contributed by atoms with Gasteiger partial charge in [0, 0.05) is 11.1 Å². The third kappa shape index (κ3) is 3.78. The Morgan fingerprint density at radius 1 is 0.826 bits per heavy atom. The lowest BCUT2D eigenvalue weighted by Crippen LogP contribution is -2.12. The van der Waals surface area contributed by atoms with E-state index in [1.807, 2.05) is 66.7 Å². The summed E-state index contributed by atoms with van der Waals surface area (Å²) >= 11 is 0. The molecule has 23 heavy (non-hydrogen) atoms. The molecule has 0 bridgehead atoms. The van der Waals surface area contributed by atoms with Crippen LogP contribution < -0.4 is 4.74 Å². The second-order valence-electron chi connectivity index (χ2n) is 5.71. The fourth-order valence-electron chi connectivity index (χ4n) is 2.83. The number of hydrogen-bond acceptors (Lipinski definition) is 2. The van der Waals surface area contributed by atoms with Gasteiger partial charge >= 0.3 is 0 Å². The highest BCUT2D eigenvalue weighted by Crippen LogP contribution is 2.28. The molecule has 0 unspecified atom stereocenters. The van der Waals surface area contributed by atoms with Crippen molar-refractivity contribution in [2.24, 2.45) is 0 Å². The van der Waals surface area contributed by atoms with Crippen molar-refractivity contribution in [3.8, 4) is 5.75 Å². The zero-order valence-corrected chi connectivity index (χ0v) is 13.3. The quantitative estimate of drug-likeness (QED) is 0.753. The van der Waals surface area contributed by atoms with Crippen LogP contribution in [-0.4, -0.2) is 12.9 Å². The molecular weight excluding hydrogens is 284 g/mol. The monoisotopic (exact) mass is 304 g/mol. The normalized spacial score (nSPS) is 18.4. The fourth-order valence-corrected chi connectivity index (χ4v) is 2.83. The maximum atomic E-state index is 12.7. The Kier molecular flexibility index (Phi) is 4.72. The molecule has 2 heteroatoms. The molecule has 2 aromatic rings. The van der Waals surface area contributed by atoms with Gasteiger partial charge in [0.05, 0.1) is 7.11 Å². The Hall–Kier alpha value is -2.61. The lowest BCUT2D eigenvalue weighted by atomic mass is 9.87. The number of carbonyl (C=O) groups is 1. The summed E-state index contributed by atoms with van der Waals surface area (Å²) in [5, 5.41) is 0. The van der Waals surface area contributed by atoms with Gasteiger partial charge in [-0.05, 0) is 54.7 Å². The zero-order valence-electron chi connectivity index (χ0n) is 13.3. The first-order valence-corrected chi connectivity index (χ1v) is 7.91. The summed E-state index contributed by atoms with van der Waals surface area (Å²) in [5.74, 6) is 1.00. The number of ketones is 1. The summed E-state index contributed by atoms with van der Waals surface area (Å²) in [7, 11) is 1.65. The second-order valence-corrected chi connectivity index (χ2v) is 5.71. The molecule has 0 radical (unpaired) electrons. The average Bonchev–Trinajstić information content (AvgIpc) is 2.60. The molecule has 2 nitrogen and oxygen atoms in total. The number of methoxy groups -OCH3 is 1. The van der Waals surface area contributed by atoms with Crippen LogP contribution in [0.1, 0.15) is 30.4 Å². The molecule has 0 atom stereocenters. The van der Waals surface area contributed by atoms with Gasteiger partial charge in [0.25, 0.3) is 0 Å². The van der Waals surface area contributed by atoms with Gasteiger partial charge in [0.15, 0.2) is 5.78 Å². The minimum atomic E-state index is 0.177. The minimum absolute atomic E-state index is 0.177. The van der Waals surface area contributed by atoms with E-state index >= 15 is 0 Å². The molecule has 1 aliphatic carbocycles. The first kappa shape index (κ1) is 15.3. The lowest BCUT2D eigenvalue weighted by Gasteiger charge is -2.16. The number of Topliss-reactive ketones (excluding diaryl/α,β-unsaturated/α-hetero) is 1. The van der Waals surface area contributed by atoms with Crippen molar-refractivity contribution in [3.05, 3.63) is 76.9 Å². The van der Waals surface area contributed by atoms with Gasteiger partial charge in [0.1, 0.15) is 5.75 Å². The van der Waals surface area contributed by atoms with Gasteiger partial charge < -0.3 is 4.74 Å². The van der Waals surface area contributed by atoms with E-state index in [9.17, 15) is 4.79 Å². The van der Waals surface area contributed by atoms with Crippen molar-refractivity contribution in [1.82, 2.24) is 0 Å². The van der Waals surface area contributed by atoms with Gasteiger partial charge in [-0.15, -0.1) is 0 Å². The number of carbonyl (C=O) groups excluding carboxylic acids is 1. The highest BCUT2D eigenvalue weighted by Gasteiger charge is 2.20. The van der Waals surface area contributed by atoms with E-state index < -0.39 is 0 Å². The second kappa shape index (κ2) is 7.10.